The quantitative estimate of drug-likeness (QED) is 0.611. The molecular weight excluding hydrogens is 144 g/mol. The maximum atomic E-state index is 10.4. The van der Waals surface area contributed by atoms with Crippen LogP contribution >= 0.6 is 0 Å². The summed E-state index contributed by atoms with van der Waals surface area (Å²) in [7, 11) is 0. The van der Waals surface area contributed by atoms with E-state index in [4.69, 9.17) is 9.84 Å². The van der Waals surface area contributed by atoms with Crippen LogP contribution in [0.4, 0.5) is 0 Å². The van der Waals surface area contributed by atoms with Crippen LogP contribution in [0.2, 0.25) is 0 Å². The third kappa shape index (κ3) is 2.35. The lowest BCUT2D eigenvalue weighted by molar-refractivity contribution is -0.132. The molecule has 3 nitrogen and oxygen atoms in total. The highest BCUT2D eigenvalue weighted by Gasteiger charge is 2.14. The van der Waals surface area contributed by atoms with Gasteiger partial charge >= 0.3 is 5.97 Å². The predicted molar refractivity (Wildman–Crippen MR) is 40.4 cm³/mol. The Morgan fingerprint density at radius 1 is 1.73 bits per heavy atom. The van der Waals surface area contributed by atoms with Gasteiger partial charge in [-0.25, -0.2) is 4.79 Å². The zero-order valence-electron chi connectivity index (χ0n) is 6.54. The smallest absolute Gasteiger partial charge is 0.331 e. The molecule has 1 rings (SSSR count). The summed E-state index contributed by atoms with van der Waals surface area (Å²) >= 11 is 0. The van der Waals surface area contributed by atoms with Crippen LogP contribution in [0.1, 0.15) is 19.8 Å². The molecule has 11 heavy (non-hydrogen) atoms. The number of hydrogen-bond donors (Lipinski definition) is 1. The van der Waals surface area contributed by atoms with Gasteiger partial charge in [0, 0.05) is 12.2 Å². The van der Waals surface area contributed by atoms with E-state index >= 15 is 0 Å². The normalized spacial score (nSPS) is 25.5. The van der Waals surface area contributed by atoms with Crippen LogP contribution in [0, 0.1) is 0 Å². The maximum Gasteiger partial charge on any atom is 0.331 e. The molecule has 1 N–H and O–H groups in total. The largest absolute Gasteiger partial charge is 0.478 e. The number of aliphatic carboxylic acids is 1. The molecule has 0 spiro atoms. The Morgan fingerprint density at radius 3 is 2.91 bits per heavy atom. The first kappa shape index (κ1) is 8.27. The molecule has 1 fully saturated rings. The Balaban J connectivity index is 2.49. The van der Waals surface area contributed by atoms with E-state index in [-0.39, 0.29) is 6.10 Å². The van der Waals surface area contributed by atoms with Crippen LogP contribution in [-0.2, 0) is 9.53 Å². The lowest BCUT2D eigenvalue weighted by Gasteiger charge is -2.02. The van der Waals surface area contributed by atoms with Gasteiger partial charge in [-0.15, -0.1) is 0 Å². The highest BCUT2D eigenvalue weighted by Crippen LogP contribution is 2.14. The second-order valence-electron chi connectivity index (χ2n) is 2.71. The van der Waals surface area contributed by atoms with Gasteiger partial charge in [-0.05, 0) is 25.8 Å². The summed E-state index contributed by atoms with van der Waals surface area (Å²) in [6, 6.07) is 0. The average molecular weight is 156 g/mol. The van der Waals surface area contributed by atoms with Crippen LogP contribution in [0.15, 0.2) is 11.6 Å². The molecule has 0 aliphatic carbocycles. The van der Waals surface area contributed by atoms with Crippen molar-refractivity contribution in [1.29, 1.82) is 0 Å². The summed E-state index contributed by atoms with van der Waals surface area (Å²) in [5.41, 5.74) is 0.372. The highest BCUT2D eigenvalue weighted by atomic mass is 16.5. The molecule has 0 aromatic carbocycles. The number of carbonyl (C=O) groups is 1. The number of rotatable bonds is 2. The lowest BCUT2D eigenvalue weighted by atomic mass is 10.2. The Kier molecular flexibility index (Phi) is 2.65. The molecular formula is C8H12O3. The standard InChI is InChI=1S/C8H12O3/c1-6(8(9)10)5-7-3-2-4-11-7/h5,7H,2-4H2,1H3,(H,9,10)/b6-5+. The molecule has 1 heterocycles. The molecule has 1 atom stereocenters. The van der Waals surface area contributed by atoms with Crippen LogP contribution < -0.4 is 0 Å². The Bertz CT molecular complexity index is 178. The molecule has 1 aliphatic heterocycles. The van der Waals surface area contributed by atoms with E-state index in [0.717, 1.165) is 19.4 Å². The summed E-state index contributed by atoms with van der Waals surface area (Å²) < 4.78 is 5.23. The Labute approximate surface area is 65.7 Å². The fourth-order valence-electron chi connectivity index (χ4n) is 1.08. The van der Waals surface area contributed by atoms with E-state index in [9.17, 15) is 4.79 Å². The first-order valence-corrected chi connectivity index (χ1v) is 3.73. The van der Waals surface area contributed by atoms with Crippen molar-refractivity contribution in [3.8, 4) is 0 Å². The molecule has 0 saturated carbocycles. The van der Waals surface area contributed by atoms with Gasteiger partial charge in [0.1, 0.15) is 0 Å². The van der Waals surface area contributed by atoms with Crippen molar-refractivity contribution < 1.29 is 14.6 Å². The van der Waals surface area contributed by atoms with E-state index in [1.807, 2.05) is 0 Å². The van der Waals surface area contributed by atoms with Gasteiger partial charge in [0.2, 0.25) is 0 Å². The van der Waals surface area contributed by atoms with Crippen molar-refractivity contribution in [3.05, 3.63) is 11.6 Å². The van der Waals surface area contributed by atoms with E-state index in [2.05, 4.69) is 0 Å². The molecule has 1 unspecified atom stereocenters. The number of carboxylic acids is 1. The van der Waals surface area contributed by atoms with Crippen molar-refractivity contribution >= 4 is 5.97 Å². The SMILES string of the molecule is C/C(=C\C1CCCO1)C(=O)O. The fraction of sp³-hybridized carbons (Fsp3) is 0.625. The van der Waals surface area contributed by atoms with Crippen LogP contribution in [0.3, 0.4) is 0 Å². The summed E-state index contributed by atoms with van der Waals surface area (Å²) in [6.07, 6.45) is 3.69. The second kappa shape index (κ2) is 3.53. The molecule has 62 valence electrons. The van der Waals surface area contributed by atoms with Crippen LogP contribution in [0.25, 0.3) is 0 Å². The minimum atomic E-state index is -0.861. The Morgan fingerprint density at radius 2 is 2.45 bits per heavy atom. The third-order valence-corrected chi connectivity index (χ3v) is 1.74. The maximum absolute atomic E-state index is 10.4. The fourth-order valence-corrected chi connectivity index (χ4v) is 1.08. The van der Waals surface area contributed by atoms with Gasteiger partial charge in [-0.1, -0.05) is 0 Å². The zero-order valence-corrected chi connectivity index (χ0v) is 6.54. The van der Waals surface area contributed by atoms with Crippen molar-refractivity contribution in [1.82, 2.24) is 0 Å². The first-order chi connectivity index (χ1) is 5.20. The van der Waals surface area contributed by atoms with Gasteiger partial charge in [0.25, 0.3) is 0 Å². The number of hydrogen-bond acceptors (Lipinski definition) is 2. The van der Waals surface area contributed by atoms with Crippen molar-refractivity contribution in [2.24, 2.45) is 0 Å². The summed E-state index contributed by atoms with van der Waals surface area (Å²) in [5.74, 6) is -0.861. The van der Waals surface area contributed by atoms with Crippen LogP contribution in [0.5, 0.6) is 0 Å². The topological polar surface area (TPSA) is 46.5 Å². The van der Waals surface area contributed by atoms with E-state index in [1.54, 1.807) is 13.0 Å². The number of ether oxygens (including phenoxy) is 1. The van der Waals surface area contributed by atoms with Gasteiger partial charge in [0.05, 0.1) is 6.10 Å². The van der Waals surface area contributed by atoms with Crippen molar-refractivity contribution in [2.75, 3.05) is 6.61 Å². The van der Waals surface area contributed by atoms with Gasteiger partial charge in [-0.3, -0.25) is 0 Å². The molecule has 0 aromatic rings. The summed E-state index contributed by atoms with van der Waals surface area (Å²) in [4.78, 5) is 10.4. The highest BCUT2D eigenvalue weighted by molar-refractivity contribution is 5.85. The molecule has 1 aliphatic rings. The first-order valence-electron chi connectivity index (χ1n) is 3.73. The second-order valence-corrected chi connectivity index (χ2v) is 2.71. The van der Waals surface area contributed by atoms with E-state index in [0.29, 0.717) is 5.57 Å². The molecule has 0 amide bonds. The molecule has 0 radical (unpaired) electrons. The molecule has 0 aromatic heterocycles. The third-order valence-electron chi connectivity index (χ3n) is 1.74. The summed E-state index contributed by atoms with van der Waals surface area (Å²) in [5, 5.41) is 8.52. The average Bonchev–Trinajstić information content (AvgIpc) is 2.39. The molecule has 1 saturated heterocycles. The lowest BCUT2D eigenvalue weighted by Crippen LogP contribution is -2.05. The number of carboxylic acid groups (broad SMARTS) is 1. The minimum Gasteiger partial charge on any atom is -0.478 e. The van der Waals surface area contributed by atoms with E-state index in [1.165, 1.54) is 0 Å². The van der Waals surface area contributed by atoms with E-state index < -0.39 is 5.97 Å². The van der Waals surface area contributed by atoms with Gasteiger partial charge in [-0.2, -0.15) is 0 Å². The van der Waals surface area contributed by atoms with Crippen LogP contribution in [-0.4, -0.2) is 23.8 Å². The zero-order chi connectivity index (χ0) is 8.27. The van der Waals surface area contributed by atoms with Gasteiger partial charge in [0.15, 0.2) is 0 Å². The molecule has 0 bridgehead atoms. The van der Waals surface area contributed by atoms with Crippen molar-refractivity contribution in [2.45, 2.75) is 25.9 Å². The van der Waals surface area contributed by atoms with Gasteiger partial charge < -0.3 is 9.84 Å². The summed E-state index contributed by atoms with van der Waals surface area (Å²) in [6.45, 7) is 2.35. The molecule has 3 heteroatoms. The monoisotopic (exact) mass is 156 g/mol. The minimum absolute atomic E-state index is 0.0334. The predicted octanol–water partition coefficient (Wildman–Crippen LogP) is 1.20. The van der Waals surface area contributed by atoms with Crippen molar-refractivity contribution in [3.63, 3.8) is 0 Å². The Hall–Kier alpha value is -0.830.